The molecule has 1 aromatic carbocycles. The van der Waals surface area contributed by atoms with Crippen LogP contribution in [0.4, 0.5) is 11.4 Å². The summed E-state index contributed by atoms with van der Waals surface area (Å²) in [6.45, 7) is 11.0. The van der Waals surface area contributed by atoms with Crippen molar-refractivity contribution in [2.45, 2.75) is 13.8 Å². The van der Waals surface area contributed by atoms with Crippen LogP contribution in [-0.2, 0) is 4.79 Å². The Bertz CT molecular complexity index is 906. The van der Waals surface area contributed by atoms with Crippen molar-refractivity contribution >= 4 is 28.8 Å². The van der Waals surface area contributed by atoms with Crippen LogP contribution in [0.25, 0.3) is 0 Å². The summed E-state index contributed by atoms with van der Waals surface area (Å²) < 4.78 is 0. The quantitative estimate of drug-likeness (QED) is 0.310. The molecule has 1 fully saturated rings. The molecule has 0 unspecified atom stereocenters. The molecule has 1 aliphatic rings. The molecule has 1 amide bonds. The molecule has 6 N–H and O–H groups in total. The van der Waals surface area contributed by atoms with E-state index in [1.54, 1.807) is 20.0 Å². The van der Waals surface area contributed by atoms with Gasteiger partial charge in [0.25, 0.3) is 5.91 Å². The van der Waals surface area contributed by atoms with Crippen LogP contribution >= 0.6 is 0 Å². The van der Waals surface area contributed by atoms with Crippen molar-refractivity contribution in [1.82, 2.24) is 16.0 Å². The first-order valence-corrected chi connectivity index (χ1v) is 10.6. The van der Waals surface area contributed by atoms with E-state index >= 15 is 0 Å². The Morgan fingerprint density at radius 3 is 2.66 bits per heavy atom. The number of nitrogens with one attached hydrogen (secondary N) is 4. The lowest BCUT2D eigenvalue weighted by molar-refractivity contribution is -0.110. The first-order chi connectivity index (χ1) is 15.5. The second-order valence-electron chi connectivity index (χ2n) is 7.14. The van der Waals surface area contributed by atoms with Gasteiger partial charge < -0.3 is 31.9 Å². The van der Waals surface area contributed by atoms with E-state index in [0.29, 0.717) is 17.2 Å². The Morgan fingerprint density at radius 2 is 2.03 bits per heavy atom. The molecule has 32 heavy (non-hydrogen) atoms. The fraction of sp³-hybridized carbons (Fsp3) is 0.348. The normalized spacial score (nSPS) is 15.9. The van der Waals surface area contributed by atoms with Crippen LogP contribution in [0.1, 0.15) is 13.8 Å². The highest BCUT2D eigenvalue weighted by Gasteiger charge is 2.17. The fourth-order valence-electron chi connectivity index (χ4n) is 3.18. The number of benzene rings is 1. The summed E-state index contributed by atoms with van der Waals surface area (Å²) in [5.41, 5.74) is 8.76. The molecular weight excluding hydrogens is 404 g/mol. The number of piperazine rings is 1. The van der Waals surface area contributed by atoms with Crippen molar-refractivity contribution < 1.29 is 4.79 Å². The molecule has 1 aliphatic heterocycles. The fourth-order valence-corrected chi connectivity index (χ4v) is 3.18. The van der Waals surface area contributed by atoms with Gasteiger partial charge in [-0.25, -0.2) is 4.99 Å². The van der Waals surface area contributed by atoms with Gasteiger partial charge in [0.05, 0.1) is 23.6 Å². The van der Waals surface area contributed by atoms with Gasteiger partial charge in [-0.3, -0.25) is 9.79 Å². The zero-order valence-corrected chi connectivity index (χ0v) is 19.1. The standard InChI is InChI=1S/C23H34N8O/c1-5-21(25-4)29-18(15-17(3)24)16-28-22(27-6-2)23(32)30-19-9-7-8-10-20(19)31-13-11-26-12-14-31/h5-10,15,25-26H,2,11-14,16,24H2,1,3-4H3,(H,27,28)(H,30,32)/b17-15-,21-5-,29-18+. The highest BCUT2D eigenvalue weighted by molar-refractivity contribution is 6.42. The number of carbonyl (C=O) groups excluding carboxylic acids is 1. The van der Waals surface area contributed by atoms with E-state index in [1.165, 1.54) is 6.20 Å². The zero-order chi connectivity index (χ0) is 23.3. The minimum absolute atomic E-state index is 0.136. The predicted molar refractivity (Wildman–Crippen MR) is 134 cm³/mol. The number of aliphatic imine (C=N–C) groups is 2. The van der Waals surface area contributed by atoms with E-state index in [1.807, 2.05) is 37.3 Å². The van der Waals surface area contributed by atoms with E-state index in [9.17, 15) is 4.79 Å². The first kappa shape index (κ1) is 24.7. The smallest absolute Gasteiger partial charge is 0.291 e. The number of carbonyl (C=O) groups is 1. The number of amides is 1. The average molecular weight is 439 g/mol. The molecule has 1 saturated heterocycles. The second-order valence-corrected chi connectivity index (χ2v) is 7.14. The zero-order valence-electron chi connectivity index (χ0n) is 19.1. The summed E-state index contributed by atoms with van der Waals surface area (Å²) >= 11 is 0. The lowest BCUT2D eigenvalue weighted by Crippen LogP contribution is -2.44. The highest BCUT2D eigenvalue weighted by Crippen LogP contribution is 2.25. The Hall–Kier alpha value is -3.59. The maximum atomic E-state index is 13.0. The highest BCUT2D eigenvalue weighted by atomic mass is 16.2. The van der Waals surface area contributed by atoms with Crippen LogP contribution in [-0.4, -0.2) is 57.2 Å². The maximum Gasteiger partial charge on any atom is 0.291 e. The number of rotatable bonds is 8. The van der Waals surface area contributed by atoms with Crippen molar-refractivity contribution in [2.24, 2.45) is 15.7 Å². The molecule has 0 aromatic heterocycles. The third-order valence-electron chi connectivity index (χ3n) is 4.65. The van der Waals surface area contributed by atoms with Gasteiger partial charge in [0, 0.05) is 38.9 Å². The van der Waals surface area contributed by atoms with Crippen molar-refractivity contribution in [3.63, 3.8) is 0 Å². The van der Waals surface area contributed by atoms with Crippen LogP contribution in [0.15, 0.2) is 70.7 Å². The summed E-state index contributed by atoms with van der Waals surface area (Å²) in [4.78, 5) is 24.2. The molecule has 0 atom stereocenters. The lowest BCUT2D eigenvalue weighted by Gasteiger charge is -2.31. The Balaban J connectivity index is 2.24. The molecule has 0 spiro atoms. The van der Waals surface area contributed by atoms with Crippen LogP contribution in [0, 0.1) is 0 Å². The van der Waals surface area contributed by atoms with Crippen LogP contribution in [0.5, 0.6) is 0 Å². The number of hydrogen-bond acceptors (Lipinski definition) is 7. The van der Waals surface area contributed by atoms with Gasteiger partial charge >= 0.3 is 0 Å². The van der Waals surface area contributed by atoms with Crippen molar-refractivity contribution in [1.29, 1.82) is 0 Å². The number of nitrogens with two attached hydrogens (primary N) is 1. The molecule has 0 saturated carbocycles. The summed E-state index contributed by atoms with van der Waals surface area (Å²) in [5.74, 6) is 0.456. The summed E-state index contributed by atoms with van der Waals surface area (Å²) in [5, 5.41) is 12.1. The van der Waals surface area contributed by atoms with Crippen LogP contribution < -0.4 is 31.9 Å². The molecule has 0 radical (unpaired) electrons. The Labute approximate surface area is 190 Å². The monoisotopic (exact) mass is 438 g/mol. The van der Waals surface area contributed by atoms with Gasteiger partial charge in [0.1, 0.15) is 5.82 Å². The van der Waals surface area contributed by atoms with Gasteiger partial charge in [-0.1, -0.05) is 18.7 Å². The third kappa shape index (κ3) is 7.59. The largest absolute Gasteiger partial charge is 0.402 e. The Kier molecular flexibility index (Phi) is 9.99. The van der Waals surface area contributed by atoms with Gasteiger partial charge in [-0.05, 0) is 44.3 Å². The van der Waals surface area contributed by atoms with Gasteiger partial charge in [-0.2, -0.15) is 0 Å². The Morgan fingerprint density at radius 1 is 1.31 bits per heavy atom. The molecule has 0 bridgehead atoms. The topological polar surface area (TPSA) is 119 Å². The van der Waals surface area contributed by atoms with E-state index in [-0.39, 0.29) is 18.3 Å². The third-order valence-corrected chi connectivity index (χ3v) is 4.65. The molecule has 9 heteroatoms. The van der Waals surface area contributed by atoms with E-state index in [4.69, 9.17) is 5.73 Å². The molecule has 9 nitrogen and oxygen atoms in total. The number of para-hydroxylation sites is 2. The van der Waals surface area contributed by atoms with Crippen molar-refractivity contribution in [2.75, 3.05) is 50.0 Å². The van der Waals surface area contributed by atoms with E-state index in [0.717, 1.165) is 37.6 Å². The summed E-state index contributed by atoms with van der Waals surface area (Å²) in [6, 6.07) is 7.76. The van der Waals surface area contributed by atoms with Crippen molar-refractivity contribution in [3.05, 3.63) is 60.7 Å². The molecule has 0 aliphatic carbocycles. The number of nitrogens with zero attached hydrogens (tertiary/aromatic N) is 3. The van der Waals surface area contributed by atoms with Crippen LogP contribution in [0.3, 0.4) is 0 Å². The van der Waals surface area contributed by atoms with Gasteiger partial charge in [0.15, 0.2) is 5.84 Å². The first-order valence-electron chi connectivity index (χ1n) is 10.6. The summed E-state index contributed by atoms with van der Waals surface area (Å²) in [6.07, 6.45) is 4.99. The summed E-state index contributed by atoms with van der Waals surface area (Å²) in [7, 11) is 1.78. The molecular formula is C23H34N8O. The van der Waals surface area contributed by atoms with Crippen LogP contribution in [0.2, 0.25) is 0 Å². The van der Waals surface area contributed by atoms with Crippen molar-refractivity contribution in [3.8, 4) is 0 Å². The van der Waals surface area contributed by atoms with E-state index < -0.39 is 0 Å². The minimum atomic E-state index is -0.361. The average Bonchev–Trinajstić information content (AvgIpc) is 2.80. The molecule has 172 valence electrons. The number of amidine groups is 1. The number of anilines is 2. The SMILES string of the molecule is C=CNC(=NCC(/C=C(/C)N)=N/C(=C\C)NC)C(=O)Nc1ccccc1N1CCNCC1. The maximum absolute atomic E-state index is 13.0. The molecule has 1 heterocycles. The predicted octanol–water partition coefficient (Wildman–Crippen LogP) is 1.55. The number of allylic oxidation sites excluding steroid dienone is 2. The van der Waals surface area contributed by atoms with Gasteiger partial charge in [0.2, 0.25) is 0 Å². The second kappa shape index (κ2) is 13.0. The van der Waals surface area contributed by atoms with Gasteiger partial charge in [-0.15, -0.1) is 0 Å². The molecule has 2 rings (SSSR count). The molecule has 1 aromatic rings. The lowest BCUT2D eigenvalue weighted by atomic mass is 10.2. The minimum Gasteiger partial charge on any atom is -0.402 e. The number of hydrogen-bond donors (Lipinski definition) is 5. The van der Waals surface area contributed by atoms with E-state index in [2.05, 4.69) is 42.7 Å².